The topological polar surface area (TPSA) is 48.1 Å². The third-order valence-electron chi connectivity index (χ3n) is 2.28. The lowest BCUT2D eigenvalue weighted by Gasteiger charge is -2.05. The molecular weight excluding hydrogens is 224 g/mol. The Morgan fingerprint density at radius 1 is 1.19 bits per heavy atom. The van der Waals surface area contributed by atoms with Crippen LogP contribution in [-0.2, 0) is 0 Å². The molecule has 4 heteroatoms. The number of nitrogens with zero attached hydrogens (tertiary/aromatic N) is 1. The Hall–Kier alpha value is -1.74. The van der Waals surface area contributed by atoms with Crippen molar-refractivity contribution in [3.8, 4) is 16.9 Å². The number of anilines is 1. The van der Waals surface area contributed by atoms with Gasteiger partial charge in [-0.3, -0.25) is 4.98 Å². The van der Waals surface area contributed by atoms with Crippen LogP contribution in [0.25, 0.3) is 11.1 Å². The standard InChI is InChI=1S/C12H11ClN2O/c1-16-10-4-9(6-15-7-10)8-2-3-11(13)12(14)5-8/h2-7H,14H2,1H3. The molecule has 0 unspecified atom stereocenters. The number of nitrogen functional groups attached to an aromatic ring is 1. The number of hydrogen-bond donors (Lipinski definition) is 1. The second-order valence-electron chi connectivity index (χ2n) is 3.35. The number of methoxy groups -OCH3 is 1. The highest BCUT2D eigenvalue weighted by Crippen LogP contribution is 2.27. The number of hydrogen-bond acceptors (Lipinski definition) is 3. The first kappa shape index (κ1) is 10.8. The molecule has 0 aliphatic rings. The first-order valence-corrected chi connectivity index (χ1v) is 5.13. The Morgan fingerprint density at radius 2 is 2.00 bits per heavy atom. The fourth-order valence-electron chi connectivity index (χ4n) is 1.41. The zero-order valence-corrected chi connectivity index (χ0v) is 9.53. The second kappa shape index (κ2) is 4.41. The average molecular weight is 235 g/mol. The van der Waals surface area contributed by atoms with Crippen LogP contribution in [0.15, 0.2) is 36.7 Å². The highest BCUT2D eigenvalue weighted by Gasteiger charge is 2.02. The first-order chi connectivity index (χ1) is 7.70. The Morgan fingerprint density at radius 3 is 2.69 bits per heavy atom. The molecule has 2 aromatic rings. The number of aromatic nitrogens is 1. The minimum atomic E-state index is 0.555. The van der Waals surface area contributed by atoms with E-state index in [4.69, 9.17) is 22.1 Å². The maximum absolute atomic E-state index is 5.86. The van der Waals surface area contributed by atoms with E-state index in [9.17, 15) is 0 Å². The molecular formula is C12H11ClN2O. The lowest BCUT2D eigenvalue weighted by molar-refractivity contribution is 0.413. The molecule has 0 radical (unpaired) electrons. The normalized spacial score (nSPS) is 10.1. The van der Waals surface area contributed by atoms with Crippen LogP contribution in [0, 0.1) is 0 Å². The summed E-state index contributed by atoms with van der Waals surface area (Å²) in [7, 11) is 1.61. The van der Waals surface area contributed by atoms with Crippen LogP contribution in [0.1, 0.15) is 0 Å². The highest BCUT2D eigenvalue weighted by atomic mass is 35.5. The second-order valence-corrected chi connectivity index (χ2v) is 3.76. The van der Waals surface area contributed by atoms with E-state index in [0.29, 0.717) is 16.5 Å². The van der Waals surface area contributed by atoms with Gasteiger partial charge in [-0.2, -0.15) is 0 Å². The zero-order valence-electron chi connectivity index (χ0n) is 8.77. The molecule has 0 atom stereocenters. The number of benzene rings is 1. The van der Waals surface area contributed by atoms with Crippen LogP contribution in [0.3, 0.4) is 0 Å². The summed E-state index contributed by atoms with van der Waals surface area (Å²) in [6.45, 7) is 0. The van der Waals surface area contributed by atoms with E-state index >= 15 is 0 Å². The first-order valence-electron chi connectivity index (χ1n) is 4.75. The quantitative estimate of drug-likeness (QED) is 0.813. The van der Waals surface area contributed by atoms with Crippen molar-refractivity contribution in [2.45, 2.75) is 0 Å². The van der Waals surface area contributed by atoms with Crippen LogP contribution in [0.5, 0.6) is 5.75 Å². The molecule has 2 N–H and O–H groups in total. The van der Waals surface area contributed by atoms with Gasteiger partial charge in [-0.15, -0.1) is 0 Å². The zero-order chi connectivity index (χ0) is 11.5. The largest absolute Gasteiger partial charge is 0.495 e. The summed E-state index contributed by atoms with van der Waals surface area (Å²) in [5, 5.41) is 0.555. The van der Waals surface area contributed by atoms with Crippen molar-refractivity contribution in [2.24, 2.45) is 0 Å². The van der Waals surface area contributed by atoms with Crippen LogP contribution in [0.4, 0.5) is 5.69 Å². The minimum absolute atomic E-state index is 0.555. The van der Waals surface area contributed by atoms with Crippen molar-refractivity contribution in [3.63, 3.8) is 0 Å². The predicted molar refractivity (Wildman–Crippen MR) is 65.6 cm³/mol. The lowest BCUT2D eigenvalue weighted by atomic mass is 10.1. The summed E-state index contributed by atoms with van der Waals surface area (Å²) in [6, 6.07) is 7.38. The Labute approximate surface area is 98.8 Å². The smallest absolute Gasteiger partial charge is 0.137 e. The Balaban J connectivity index is 2.46. The molecule has 0 amide bonds. The summed E-state index contributed by atoms with van der Waals surface area (Å²) in [5.74, 6) is 0.714. The summed E-state index contributed by atoms with van der Waals surface area (Å²) in [6.07, 6.45) is 3.41. The summed E-state index contributed by atoms with van der Waals surface area (Å²) in [5.41, 5.74) is 8.22. The minimum Gasteiger partial charge on any atom is -0.495 e. The molecule has 0 fully saturated rings. The number of ether oxygens (including phenoxy) is 1. The average Bonchev–Trinajstić information content (AvgIpc) is 2.33. The van der Waals surface area contributed by atoms with Crippen molar-refractivity contribution in [2.75, 3.05) is 12.8 Å². The molecule has 0 bridgehead atoms. The molecule has 82 valence electrons. The molecule has 3 nitrogen and oxygen atoms in total. The van der Waals surface area contributed by atoms with E-state index in [-0.39, 0.29) is 0 Å². The van der Waals surface area contributed by atoms with E-state index in [0.717, 1.165) is 11.1 Å². The third-order valence-corrected chi connectivity index (χ3v) is 2.62. The van der Waals surface area contributed by atoms with E-state index in [2.05, 4.69) is 4.98 Å². The lowest BCUT2D eigenvalue weighted by Crippen LogP contribution is -1.89. The van der Waals surface area contributed by atoms with Gasteiger partial charge < -0.3 is 10.5 Å². The van der Waals surface area contributed by atoms with Gasteiger partial charge in [0.25, 0.3) is 0 Å². The Bertz CT molecular complexity index is 514. The van der Waals surface area contributed by atoms with Gasteiger partial charge in [0.1, 0.15) is 5.75 Å². The number of nitrogens with two attached hydrogens (primary N) is 1. The van der Waals surface area contributed by atoms with Crippen LogP contribution >= 0.6 is 11.6 Å². The summed E-state index contributed by atoms with van der Waals surface area (Å²) >= 11 is 5.86. The molecule has 1 heterocycles. The molecule has 1 aromatic carbocycles. The van der Waals surface area contributed by atoms with Crippen LogP contribution < -0.4 is 10.5 Å². The van der Waals surface area contributed by atoms with Gasteiger partial charge in [0.2, 0.25) is 0 Å². The molecule has 0 saturated heterocycles. The molecule has 0 aliphatic heterocycles. The third kappa shape index (κ3) is 2.09. The van der Waals surface area contributed by atoms with Crippen LogP contribution in [0.2, 0.25) is 5.02 Å². The number of rotatable bonds is 2. The van der Waals surface area contributed by atoms with Crippen molar-refractivity contribution < 1.29 is 4.74 Å². The molecule has 0 saturated carbocycles. The molecule has 0 spiro atoms. The van der Waals surface area contributed by atoms with Crippen molar-refractivity contribution in [3.05, 3.63) is 41.7 Å². The van der Waals surface area contributed by atoms with Gasteiger partial charge in [0.15, 0.2) is 0 Å². The van der Waals surface area contributed by atoms with Crippen molar-refractivity contribution >= 4 is 17.3 Å². The van der Waals surface area contributed by atoms with Crippen molar-refractivity contribution in [1.82, 2.24) is 4.98 Å². The van der Waals surface area contributed by atoms with E-state index < -0.39 is 0 Å². The van der Waals surface area contributed by atoms with Gasteiger partial charge in [-0.05, 0) is 23.8 Å². The van der Waals surface area contributed by atoms with Crippen molar-refractivity contribution in [1.29, 1.82) is 0 Å². The fourth-order valence-corrected chi connectivity index (χ4v) is 1.53. The van der Waals surface area contributed by atoms with E-state index in [1.165, 1.54) is 0 Å². The monoisotopic (exact) mass is 234 g/mol. The van der Waals surface area contributed by atoms with E-state index in [1.807, 2.05) is 18.2 Å². The maximum Gasteiger partial charge on any atom is 0.137 e. The predicted octanol–water partition coefficient (Wildman–Crippen LogP) is 2.99. The van der Waals surface area contributed by atoms with Gasteiger partial charge in [-0.25, -0.2) is 0 Å². The molecule has 0 aliphatic carbocycles. The SMILES string of the molecule is COc1cncc(-c2ccc(Cl)c(N)c2)c1. The summed E-state index contributed by atoms with van der Waals surface area (Å²) < 4.78 is 5.11. The van der Waals surface area contributed by atoms with Gasteiger partial charge in [-0.1, -0.05) is 17.7 Å². The molecule has 16 heavy (non-hydrogen) atoms. The fraction of sp³-hybridized carbons (Fsp3) is 0.0833. The van der Waals surface area contributed by atoms with Gasteiger partial charge >= 0.3 is 0 Å². The molecule has 2 rings (SSSR count). The van der Waals surface area contributed by atoms with Crippen LogP contribution in [-0.4, -0.2) is 12.1 Å². The number of pyridine rings is 1. The highest BCUT2D eigenvalue weighted by molar-refractivity contribution is 6.33. The molecule has 1 aromatic heterocycles. The Kier molecular flexibility index (Phi) is 2.97. The maximum atomic E-state index is 5.86. The summed E-state index contributed by atoms with van der Waals surface area (Å²) in [4.78, 5) is 4.09. The number of halogens is 1. The van der Waals surface area contributed by atoms with E-state index in [1.54, 1.807) is 25.6 Å². The van der Waals surface area contributed by atoms with Gasteiger partial charge in [0.05, 0.1) is 24.0 Å². The van der Waals surface area contributed by atoms with Gasteiger partial charge in [0, 0.05) is 11.8 Å².